The van der Waals surface area contributed by atoms with Crippen LogP contribution < -0.4 is 4.90 Å². The zero-order chi connectivity index (χ0) is 14.1. The number of likely N-dealkylation sites (tertiary alicyclic amines) is 1. The Bertz CT molecular complexity index is 289. The molecule has 1 rings (SSSR count). The molecule has 0 bridgehead atoms. The Hall–Kier alpha value is -0.830. The Morgan fingerprint density at radius 1 is 1.26 bits per heavy atom. The molecule has 1 saturated heterocycles. The summed E-state index contributed by atoms with van der Waals surface area (Å²) < 4.78 is 5.33. The average Bonchev–Trinajstić information content (AvgIpc) is 2.81. The van der Waals surface area contributed by atoms with Gasteiger partial charge in [-0.05, 0) is 39.0 Å². The summed E-state index contributed by atoms with van der Waals surface area (Å²) in [5.41, 5.74) is 1.38. The van der Waals surface area contributed by atoms with Crippen molar-refractivity contribution in [3.05, 3.63) is 11.6 Å². The predicted octanol–water partition coefficient (Wildman–Crippen LogP) is 1.98. The molecule has 0 aliphatic carbocycles. The number of hydrogen-bond donors (Lipinski definition) is 1. The highest BCUT2D eigenvalue weighted by atomic mass is 16.5. The van der Waals surface area contributed by atoms with Crippen LogP contribution in [0.1, 0.15) is 52.9 Å². The molecule has 110 valence electrons. The van der Waals surface area contributed by atoms with Gasteiger partial charge in [0, 0.05) is 12.8 Å². The molecule has 1 N–H and O–H groups in total. The molecular formula is C16H30NO2+. The van der Waals surface area contributed by atoms with Crippen LogP contribution in [-0.2, 0) is 9.53 Å². The first-order chi connectivity index (χ1) is 9.08. The second kappa shape index (κ2) is 9.13. The molecule has 0 unspecified atom stereocenters. The fraction of sp³-hybridized carbons (Fsp3) is 0.812. The van der Waals surface area contributed by atoms with E-state index in [9.17, 15) is 4.79 Å². The summed E-state index contributed by atoms with van der Waals surface area (Å²) >= 11 is 0. The highest BCUT2D eigenvalue weighted by molar-refractivity contribution is 5.70. The van der Waals surface area contributed by atoms with Gasteiger partial charge in [-0.15, -0.1) is 0 Å². The van der Waals surface area contributed by atoms with Crippen molar-refractivity contribution < 1.29 is 14.4 Å². The highest BCUT2D eigenvalue weighted by Crippen LogP contribution is 2.11. The number of carbonyl (C=O) groups is 1. The second-order valence-electron chi connectivity index (χ2n) is 6.11. The normalized spacial score (nSPS) is 17.2. The molecule has 0 aromatic carbocycles. The third kappa shape index (κ3) is 8.04. The highest BCUT2D eigenvalue weighted by Gasteiger charge is 2.19. The lowest BCUT2D eigenvalue weighted by Gasteiger charge is -2.13. The lowest BCUT2D eigenvalue weighted by atomic mass is 10.0. The van der Waals surface area contributed by atoms with Crippen molar-refractivity contribution >= 4 is 5.97 Å². The summed E-state index contributed by atoms with van der Waals surface area (Å²) in [6.07, 6.45) is 8.08. The SMILES string of the molecule is CC(C)=CCC[C@@H](C)CCOC(=O)C[NH+]1CCCC1. The van der Waals surface area contributed by atoms with Crippen LogP contribution in [0, 0.1) is 5.92 Å². The van der Waals surface area contributed by atoms with Crippen molar-refractivity contribution in [1.29, 1.82) is 0 Å². The van der Waals surface area contributed by atoms with Gasteiger partial charge in [0.05, 0.1) is 19.7 Å². The van der Waals surface area contributed by atoms with Gasteiger partial charge in [-0.3, -0.25) is 0 Å². The number of hydrogen-bond acceptors (Lipinski definition) is 2. The van der Waals surface area contributed by atoms with Gasteiger partial charge in [-0.25, -0.2) is 4.79 Å². The monoisotopic (exact) mass is 268 g/mol. The maximum absolute atomic E-state index is 11.6. The number of allylic oxidation sites excluding steroid dienone is 2. The van der Waals surface area contributed by atoms with E-state index in [4.69, 9.17) is 4.74 Å². The van der Waals surface area contributed by atoms with Gasteiger partial charge in [-0.2, -0.15) is 0 Å². The van der Waals surface area contributed by atoms with Crippen molar-refractivity contribution in [3.63, 3.8) is 0 Å². The van der Waals surface area contributed by atoms with Crippen molar-refractivity contribution in [2.24, 2.45) is 5.92 Å². The molecule has 1 atom stereocenters. The van der Waals surface area contributed by atoms with Crippen LogP contribution in [-0.4, -0.2) is 32.2 Å². The average molecular weight is 268 g/mol. The van der Waals surface area contributed by atoms with E-state index in [1.165, 1.54) is 29.7 Å². The van der Waals surface area contributed by atoms with Crippen LogP contribution >= 0.6 is 0 Å². The maximum atomic E-state index is 11.6. The summed E-state index contributed by atoms with van der Waals surface area (Å²) in [6, 6.07) is 0. The number of quaternary nitrogens is 1. The van der Waals surface area contributed by atoms with E-state index in [0.29, 0.717) is 19.1 Å². The van der Waals surface area contributed by atoms with Crippen LogP contribution in [0.5, 0.6) is 0 Å². The van der Waals surface area contributed by atoms with Gasteiger partial charge < -0.3 is 9.64 Å². The molecular weight excluding hydrogens is 238 g/mol. The van der Waals surface area contributed by atoms with E-state index >= 15 is 0 Å². The van der Waals surface area contributed by atoms with Gasteiger partial charge in [0.1, 0.15) is 0 Å². The first-order valence-electron chi connectivity index (χ1n) is 7.70. The number of carbonyl (C=O) groups excluding carboxylic acids is 1. The largest absolute Gasteiger partial charge is 0.462 e. The second-order valence-corrected chi connectivity index (χ2v) is 6.11. The fourth-order valence-corrected chi connectivity index (χ4v) is 2.48. The molecule has 1 aliphatic heterocycles. The number of ether oxygens (including phenoxy) is 1. The summed E-state index contributed by atoms with van der Waals surface area (Å²) in [4.78, 5) is 13.0. The minimum atomic E-state index is -0.0200. The molecule has 0 saturated carbocycles. The summed E-state index contributed by atoms with van der Waals surface area (Å²) in [7, 11) is 0. The lowest BCUT2D eigenvalue weighted by molar-refractivity contribution is -0.879. The van der Waals surface area contributed by atoms with Gasteiger partial charge in [0.25, 0.3) is 0 Å². The Morgan fingerprint density at radius 2 is 1.95 bits per heavy atom. The van der Waals surface area contributed by atoms with E-state index in [-0.39, 0.29) is 5.97 Å². The van der Waals surface area contributed by atoms with Gasteiger partial charge in [0.2, 0.25) is 0 Å². The first-order valence-corrected chi connectivity index (χ1v) is 7.70. The van der Waals surface area contributed by atoms with E-state index in [0.717, 1.165) is 25.9 Å². The minimum absolute atomic E-state index is 0.0200. The molecule has 3 nitrogen and oxygen atoms in total. The van der Waals surface area contributed by atoms with E-state index in [1.54, 1.807) is 0 Å². The Kier molecular flexibility index (Phi) is 7.80. The van der Waals surface area contributed by atoms with Crippen molar-refractivity contribution in [2.45, 2.75) is 52.9 Å². The zero-order valence-electron chi connectivity index (χ0n) is 12.8. The van der Waals surface area contributed by atoms with E-state index in [1.807, 2.05) is 0 Å². The standard InChI is InChI=1S/C16H29NO2/c1-14(2)7-6-8-15(3)9-12-19-16(18)13-17-10-4-5-11-17/h7,15H,4-6,8-13H2,1-3H3/p+1/t15-/m1/s1. The van der Waals surface area contributed by atoms with Gasteiger partial charge >= 0.3 is 5.97 Å². The zero-order valence-corrected chi connectivity index (χ0v) is 12.8. The van der Waals surface area contributed by atoms with Crippen LogP contribution in [0.25, 0.3) is 0 Å². The third-order valence-corrected chi connectivity index (χ3v) is 3.79. The Labute approximate surface area is 118 Å². The molecule has 0 aromatic heterocycles. The molecule has 0 amide bonds. The smallest absolute Gasteiger partial charge is 0.361 e. The minimum Gasteiger partial charge on any atom is -0.462 e. The van der Waals surface area contributed by atoms with Crippen LogP contribution in [0.15, 0.2) is 11.6 Å². The van der Waals surface area contributed by atoms with Crippen molar-refractivity contribution in [1.82, 2.24) is 0 Å². The van der Waals surface area contributed by atoms with E-state index in [2.05, 4.69) is 26.8 Å². The van der Waals surface area contributed by atoms with Gasteiger partial charge in [-0.1, -0.05) is 18.6 Å². The van der Waals surface area contributed by atoms with Crippen LogP contribution in [0.2, 0.25) is 0 Å². The topological polar surface area (TPSA) is 30.7 Å². The molecule has 1 heterocycles. The van der Waals surface area contributed by atoms with Crippen molar-refractivity contribution in [3.8, 4) is 0 Å². The van der Waals surface area contributed by atoms with Crippen LogP contribution in [0.3, 0.4) is 0 Å². The molecule has 0 radical (unpaired) electrons. The maximum Gasteiger partial charge on any atom is 0.361 e. The molecule has 1 aliphatic rings. The third-order valence-electron chi connectivity index (χ3n) is 3.79. The number of rotatable bonds is 8. The Morgan fingerprint density at radius 3 is 2.58 bits per heavy atom. The quantitative estimate of drug-likeness (QED) is 0.539. The first kappa shape index (κ1) is 16.2. The molecule has 1 fully saturated rings. The van der Waals surface area contributed by atoms with Gasteiger partial charge in [0.15, 0.2) is 6.54 Å². The molecule has 0 aromatic rings. The lowest BCUT2D eigenvalue weighted by Crippen LogP contribution is -3.11. The van der Waals surface area contributed by atoms with Crippen molar-refractivity contribution in [2.75, 3.05) is 26.2 Å². The van der Waals surface area contributed by atoms with E-state index < -0.39 is 0 Å². The van der Waals surface area contributed by atoms with Crippen LogP contribution in [0.4, 0.5) is 0 Å². The molecule has 19 heavy (non-hydrogen) atoms. The predicted molar refractivity (Wildman–Crippen MR) is 78.2 cm³/mol. The Balaban J connectivity index is 2.02. The number of esters is 1. The molecule has 0 spiro atoms. The molecule has 3 heteroatoms. The summed E-state index contributed by atoms with van der Waals surface area (Å²) in [6.45, 7) is 9.91. The number of nitrogens with one attached hydrogen (secondary N) is 1. The summed E-state index contributed by atoms with van der Waals surface area (Å²) in [5, 5.41) is 0. The fourth-order valence-electron chi connectivity index (χ4n) is 2.48. The summed E-state index contributed by atoms with van der Waals surface area (Å²) in [5.74, 6) is 0.607.